The second kappa shape index (κ2) is 5.03. The van der Waals surface area contributed by atoms with Gasteiger partial charge in [-0.2, -0.15) is 9.37 Å². The molecular weight excluding hydrogens is 269 g/mol. The van der Waals surface area contributed by atoms with Gasteiger partial charge < -0.3 is 9.64 Å². The highest BCUT2D eigenvalue weighted by Crippen LogP contribution is 2.27. The molecule has 1 aliphatic rings. The molecule has 1 aliphatic heterocycles. The summed E-state index contributed by atoms with van der Waals surface area (Å²) in [6.07, 6.45) is 0. The topological polar surface area (TPSA) is 25.4 Å². The van der Waals surface area contributed by atoms with Gasteiger partial charge in [-0.05, 0) is 6.07 Å². The Morgan fingerprint density at radius 2 is 1.90 bits per heavy atom. The normalized spacial score (nSPS) is 14.4. The number of fused-ring (bicyclic) bond motifs is 1. The smallest absolute Gasteiger partial charge is 0.251 e. The summed E-state index contributed by atoms with van der Waals surface area (Å²) in [6.45, 7) is 0.978. The average Bonchev–Trinajstić information content (AvgIpc) is 2.65. The van der Waals surface area contributed by atoms with E-state index in [1.807, 2.05) is 24.3 Å². The molecule has 2 aromatic rings. The lowest BCUT2D eigenvalue weighted by Crippen LogP contribution is -2.27. The van der Waals surface area contributed by atoms with Gasteiger partial charge in [-0.3, -0.25) is 0 Å². The Balaban J connectivity index is 1.97. The SMILES string of the molecule is Fc1cc(F)c(N2CCOc3ccccc3C2)nc1F. The van der Waals surface area contributed by atoms with Gasteiger partial charge in [0, 0.05) is 18.2 Å². The number of hydrogen-bond donors (Lipinski definition) is 0. The quantitative estimate of drug-likeness (QED) is 0.751. The van der Waals surface area contributed by atoms with Crippen LogP contribution in [0.5, 0.6) is 5.75 Å². The monoisotopic (exact) mass is 280 g/mol. The minimum Gasteiger partial charge on any atom is -0.491 e. The molecule has 0 N–H and O–H groups in total. The molecule has 6 heteroatoms. The third kappa shape index (κ3) is 2.29. The van der Waals surface area contributed by atoms with E-state index in [1.165, 1.54) is 4.90 Å². The Hall–Kier alpha value is -2.24. The van der Waals surface area contributed by atoms with Crippen LogP contribution >= 0.6 is 0 Å². The van der Waals surface area contributed by atoms with E-state index >= 15 is 0 Å². The highest BCUT2D eigenvalue weighted by molar-refractivity contribution is 5.45. The number of halogens is 3. The van der Waals surface area contributed by atoms with E-state index in [-0.39, 0.29) is 5.82 Å². The second-order valence-electron chi connectivity index (χ2n) is 4.44. The highest BCUT2D eigenvalue weighted by Gasteiger charge is 2.21. The zero-order valence-corrected chi connectivity index (χ0v) is 10.4. The molecule has 0 radical (unpaired) electrons. The highest BCUT2D eigenvalue weighted by atomic mass is 19.2. The molecule has 0 saturated heterocycles. The van der Waals surface area contributed by atoms with Gasteiger partial charge in [0.2, 0.25) is 0 Å². The van der Waals surface area contributed by atoms with E-state index in [1.54, 1.807) is 0 Å². The maximum absolute atomic E-state index is 13.8. The molecule has 0 fully saturated rings. The molecular formula is C14H11F3N2O. The first-order valence-corrected chi connectivity index (χ1v) is 6.12. The summed E-state index contributed by atoms with van der Waals surface area (Å²) in [5, 5.41) is 0. The van der Waals surface area contributed by atoms with Crippen LogP contribution in [0.3, 0.4) is 0 Å². The van der Waals surface area contributed by atoms with Gasteiger partial charge in [0.25, 0.3) is 5.95 Å². The van der Waals surface area contributed by atoms with Crippen molar-refractivity contribution in [2.24, 2.45) is 0 Å². The van der Waals surface area contributed by atoms with E-state index in [9.17, 15) is 13.2 Å². The molecule has 0 unspecified atom stereocenters. The van der Waals surface area contributed by atoms with Crippen LogP contribution < -0.4 is 9.64 Å². The Labute approximate surface area is 113 Å². The number of ether oxygens (including phenoxy) is 1. The molecule has 0 aliphatic carbocycles. The van der Waals surface area contributed by atoms with Crippen molar-refractivity contribution in [1.82, 2.24) is 4.98 Å². The minimum atomic E-state index is -1.31. The maximum Gasteiger partial charge on any atom is 0.251 e. The van der Waals surface area contributed by atoms with Gasteiger partial charge in [0.05, 0.1) is 6.54 Å². The van der Waals surface area contributed by atoms with E-state index in [0.29, 0.717) is 31.5 Å². The van der Waals surface area contributed by atoms with E-state index < -0.39 is 17.6 Å². The summed E-state index contributed by atoms with van der Waals surface area (Å²) < 4.78 is 45.4. The van der Waals surface area contributed by atoms with Crippen molar-refractivity contribution in [3.05, 3.63) is 53.5 Å². The molecule has 0 saturated carbocycles. The lowest BCUT2D eigenvalue weighted by molar-refractivity contribution is 0.331. The number of anilines is 1. The van der Waals surface area contributed by atoms with Gasteiger partial charge in [-0.1, -0.05) is 18.2 Å². The average molecular weight is 280 g/mol. The molecule has 0 bridgehead atoms. The van der Waals surface area contributed by atoms with Crippen LogP contribution in [0.2, 0.25) is 0 Å². The fraction of sp³-hybridized carbons (Fsp3) is 0.214. The molecule has 3 rings (SSSR count). The molecule has 1 aromatic heterocycles. The predicted molar refractivity (Wildman–Crippen MR) is 67.1 cm³/mol. The Morgan fingerprint density at radius 1 is 1.10 bits per heavy atom. The number of pyridine rings is 1. The second-order valence-corrected chi connectivity index (χ2v) is 4.44. The van der Waals surface area contributed by atoms with Crippen LogP contribution in [0, 0.1) is 17.6 Å². The van der Waals surface area contributed by atoms with Crippen LogP contribution in [0.25, 0.3) is 0 Å². The van der Waals surface area contributed by atoms with Gasteiger partial charge in [0.1, 0.15) is 12.4 Å². The molecule has 0 atom stereocenters. The Morgan fingerprint density at radius 3 is 2.75 bits per heavy atom. The molecule has 2 heterocycles. The first kappa shape index (κ1) is 12.8. The van der Waals surface area contributed by atoms with Gasteiger partial charge in [-0.15, -0.1) is 0 Å². The number of hydrogen-bond acceptors (Lipinski definition) is 3. The van der Waals surface area contributed by atoms with E-state index in [0.717, 1.165) is 5.56 Å². The Bertz CT molecular complexity index is 648. The Kier molecular flexibility index (Phi) is 3.22. The zero-order chi connectivity index (χ0) is 14.1. The van der Waals surface area contributed by atoms with Crippen LogP contribution in [0.15, 0.2) is 30.3 Å². The third-order valence-corrected chi connectivity index (χ3v) is 3.12. The van der Waals surface area contributed by atoms with E-state index in [4.69, 9.17) is 4.74 Å². The number of nitrogens with zero attached hydrogens (tertiary/aromatic N) is 2. The van der Waals surface area contributed by atoms with Crippen LogP contribution in [-0.2, 0) is 6.54 Å². The first-order valence-electron chi connectivity index (χ1n) is 6.12. The number of aromatic nitrogens is 1. The minimum absolute atomic E-state index is 0.204. The van der Waals surface area contributed by atoms with Crippen molar-refractivity contribution < 1.29 is 17.9 Å². The first-order chi connectivity index (χ1) is 9.65. The number of para-hydroxylation sites is 1. The zero-order valence-electron chi connectivity index (χ0n) is 10.4. The lowest BCUT2D eigenvalue weighted by Gasteiger charge is -2.21. The summed E-state index contributed by atoms with van der Waals surface area (Å²) in [5.41, 5.74) is 0.843. The lowest BCUT2D eigenvalue weighted by atomic mass is 10.2. The van der Waals surface area contributed by atoms with Crippen molar-refractivity contribution in [3.8, 4) is 5.75 Å². The van der Waals surface area contributed by atoms with Crippen molar-refractivity contribution in [2.75, 3.05) is 18.1 Å². The van der Waals surface area contributed by atoms with Crippen LogP contribution in [0.4, 0.5) is 19.0 Å². The predicted octanol–water partition coefficient (Wildman–Crippen LogP) is 2.90. The molecule has 1 aromatic carbocycles. The molecule has 3 nitrogen and oxygen atoms in total. The van der Waals surface area contributed by atoms with E-state index in [2.05, 4.69) is 4.98 Å². The molecule has 104 valence electrons. The fourth-order valence-electron chi connectivity index (χ4n) is 2.16. The molecule has 0 amide bonds. The maximum atomic E-state index is 13.8. The van der Waals surface area contributed by atoms with Crippen LogP contribution in [-0.4, -0.2) is 18.1 Å². The summed E-state index contributed by atoms with van der Waals surface area (Å²) in [5.74, 6) is -2.98. The number of benzene rings is 1. The van der Waals surface area contributed by atoms with Gasteiger partial charge in [0.15, 0.2) is 17.5 Å². The third-order valence-electron chi connectivity index (χ3n) is 3.12. The fourth-order valence-corrected chi connectivity index (χ4v) is 2.16. The van der Waals surface area contributed by atoms with Crippen LogP contribution in [0.1, 0.15) is 5.56 Å². The summed E-state index contributed by atoms with van der Waals surface area (Å²) in [6, 6.07) is 7.83. The molecule has 20 heavy (non-hydrogen) atoms. The van der Waals surface area contributed by atoms with Gasteiger partial charge in [-0.25, -0.2) is 8.78 Å². The van der Waals surface area contributed by atoms with Crippen molar-refractivity contribution >= 4 is 5.82 Å². The van der Waals surface area contributed by atoms with Crippen molar-refractivity contribution in [2.45, 2.75) is 6.54 Å². The van der Waals surface area contributed by atoms with Crippen molar-refractivity contribution in [3.63, 3.8) is 0 Å². The molecule has 0 spiro atoms. The summed E-state index contributed by atoms with van der Waals surface area (Å²) >= 11 is 0. The summed E-state index contributed by atoms with van der Waals surface area (Å²) in [7, 11) is 0. The largest absolute Gasteiger partial charge is 0.491 e. The van der Waals surface area contributed by atoms with Gasteiger partial charge >= 0.3 is 0 Å². The summed E-state index contributed by atoms with van der Waals surface area (Å²) in [4.78, 5) is 4.90. The van der Waals surface area contributed by atoms with Crippen molar-refractivity contribution in [1.29, 1.82) is 0 Å². The number of rotatable bonds is 1. The standard InChI is InChI=1S/C14H11F3N2O/c15-10-7-11(16)14(18-13(10)17)19-5-6-20-12-4-2-1-3-9(12)8-19/h1-4,7H,5-6,8H2.